The Hall–Kier alpha value is -6.45. The molecule has 0 aromatic rings. The minimum Gasteiger partial charge on any atom is -0.480 e. The third-order valence-corrected chi connectivity index (χ3v) is 13.0. The van der Waals surface area contributed by atoms with E-state index in [2.05, 4.69) is 65.5 Å². The molecule has 80 heavy (non-hydrogen) atoms. The summed E-state index contributed by atoms with van der Waals surface area (Å²) in [5.41, 5.74) is 33.8. The molecule has 1 aliphatic rings. The van der Waals surface area contributed by atoms with E-state index in [-0.39, 0.29) is 63.5 Å². The second-order valence-electron chi connectivity index (χ2n) is 19.6. The number of hydrogen-bond donors (Lipinski definition) is 19. The van der Waals surface area contributed by atoms with Gasteiger partial charge in [0.1, 0.15) is 54.4 Å². The molecule has 456 valence electrons. The number of nitrogens with two attached hydrogens (primary N) is 6. The molecule has 0 aromatic carbocycles. The molecular formula is C48H89N17O14S. The fourth-order valence-corrected chi connectivity index (χ4v) is 8.38. The van der Waals surface area contributed by atoms with Gasteiger partial charge in [0.15, 0.2) is 5.96 Å². The normalized spacial score (nSPS) is 16.4. The van der Waals surface area contributed by atoms with Gasteiger partial charge < -0.3 is 102 Å². The first kappa shape index (κ1) is 71.6. The summed E-state index contributed by atoms with van der Waals surface area (Å²) >= 11 is 3.93. The van der Waals surface area contributed by atoms with Crippen LogP contribution in [0.15, 0.2) is 4.99 Å². The van der Waals surface area contributed by atoms with Gasteiger partial charge in [-0.25, -0.2) is 4.79 Å². The van der Waals surface area contributed by atoms with Gasteiger partial charge in [0, 0.05) is 18.8 Å². The number of aliphatic carboxylic acids is 1. The highest BCUT2D eigenvalue weighted by Gasteiger charge is 2.38. The van der Waals surface area contributed by atoms with Crippen LogP contribution in [0.4, 0.5) is 0 Å². The minimum absolute atomic E-state index is 0.0262. The zero-order valence-electron chi connectivity index (χ0n) is 46.0. The van der Waals surface area contributed by atoms with E-state index in [0.717, 1.165) is 0 Å². The lowest BCUT2D eigenvalue weighted by molar-refractivity contribution is -0.141. The van der Waals surface area contributed by atoms with Crippen LogP contribution in [0.1, 0.15) is 104 Å². The fourth-order valence-electron chi connectivity index (χ4n) is 8.14. The van der Waals surface area contributed by atoms with Crippen LogP contribution >= 0.6 is 12.6 Å². The second-order valence-corrected chi connectivity index (χ2v) is 20.0. The largest absolute Gasteiger partial charge is 0.480 e. The number of carbonyl (C=O) groups is 11. The van der Waals surface area contributed by atoms with Gasteiger partial charge >= 0.3 is 5.97 Å². The molecule has 1 heterocycles. The fraction of sp³-hybridized carbons (Fsp3) is 0.750. The SMILES string of the molecule is CC(C)[C@H](NC(=O)CNC(=O)[C@H](CO)NC(=O)[C@H](CCCCN)NC(=O)[C@H](CCCN=C(N)N)NC(=O)[C@H](CCCCN)NC(=O)[C@@H]1CCCN1C(=O)[C@H](C)N)C(=O)N[C@@H](CO)C(=O)N[C@@H](CCCCN)C(=O)N[C@@H](CS)C(=O)O. The summed E-state index contributed by atoms with van der Waals surface area (Å²) in [6.45, 7) is 2.94. The molecule has 31 nitrogen and oxygen atoms in total. The Bertz CT molecular complexity index is 2070. The Kier molecular flexibility index (Phi) is 34.9. The predicted molar refractivity (Wildman–Crippen MR) is 296 cm³/mol. The first-order chi connectivity index (χ1) is 37.9. The number of amides is 10. The smallest absolute Gasteiger partial charge is 0.327 e. The third-order valence-electron chi connectivity index (χ3n) is 12.7. The van der Waals surface area contributed by atoms with E-state index in [9.17, 15) is 68.1 Å². The van der Waals surface area contributed by atoms with E-state index >= 15 is 0 Å². The summed E-state index contributed by atoms with van der Waals surface area (Å²) in [4.78, 5) is 152. The van der Waals surface area contributed by atoms with Gasteiger partial charge in [-0.3, -0.25) is 52.9 Å². The number of carboxylic acids is 1. The predicted octanol–water partition coefficient (Wildman–Crippen LogP) is -7.59. The van der Waals surface area contributed by atoms with E-state index in [1.54, 1.807) is 13.8 Å². The molecule has 0 spiro atoms. The number of likely N-dealkylation sites (tertiary alicyclic amines) is 1. The molecule has 10 amide bonds. The number of nitrogens with zero attached hydrogens (tertiary/aromatic N) is 2. The number of hydrogen-bond acceptors (Lipinski definition) is 19. The van der Waals surface area contributed by atoms with Crippen molar-refractivity contribution in [2.45, 2.75) is 165 Å². The number of rotatable bonds is 40. The topological polar surface area (TPSA) is 528 Å². The van der Waals surface area contributed by atoms with Crippen LogP contribution in [0.3, 0.4) is 0 Å². The third kappa shape index (κ3) is 26.2. The van der Waals surface area contributed by atoms with Crippen molar-refractivity contribution in [1.82, 2.24) is 52.8 Å². The molecule has 1 saturated heterocycles. The number of thiol groups is 1. The number of aliphatic imine (C=N–C) groups is 1. The van der Waals surface area contributed by atoms with E-state index in [0.29, 0.717) is 64.5 Å². The number of carbonyl (C=O) groups excluding carboxylic acids is 10. The van der Waals surface area contributed by atoms with Crippen LogP contribution in [-0.4, -0.2) is 210 Å². The van der Waals surface area contributed by atoms with Crippen molar-refractivity contribution in [2.24, 2.45) is 45.3 Å². The highest BCUT2D eigenvalue weighted by molar-refractivity contribution is 7.80. The van der Waals surface area contributed by atoms with Crippen LogP contribution < -0.4 is 82.3 Å². The van der Waals surface area contributed by atoms with Crippen LogP contribution in [-0.2, 0) is 52.7 Å². The zero-order chi connectivity index (χ0) is 60.5. The maximum atomic E-state index is 14.1. The molecule has 1 aliphatic heterocycles. The zero-order valence-corrected chi connectivity index (χ0v) is 46.9. The molecule has 0 bridgehead atoms. The van der Waals surface area contributed by atoms with Gasteiger partial charge in [0.2, 0.25) is 59.1 Å². The molecule has 0 radical (unpaired) electrons. The van der Waals surface area contributed by atoms with Crippen molar-refractivity contribution in [3.63, 3.8) is 0 Å². The highest BCUT2D eigenvalue weighted by Crippen LogP contribution is 2.19. The Morgan fingerprint density at radius 3 is 1.40 bits per heavy atom. The van der Waals surface area contributed by atoms with Crippen LogP contribution in [0, 0.1) is 5.92 Å². The van der Waals surface area contributed by atoms with Crippen LogP contribution in [0.5, 0.6) is 0 Å². The molecular weight excluding hydrogens is 1070 g/mol. The molecule has 0 unspecified atom stereocenters. The van der Waals surface area contributed by atoms with Crippen molar-refractivity contribution >= 4 is 83.6 Å². The molecule has 32 heteroatoms. The van der Waals surface area contributed by atoms with Crippen molar-refractivity contribution in [3.8, 4) is 0 Å². The van der Waals surface area contributed by atoms with Crippen molar-refractivity contribution in [2.75, 3.05) is 58.2 Å². The van der Waals surface area contributed by atoms with Gasteiger partial charge in [0.25, 0.3) is 0 Å². The number of unbranched alkanes of at least 4 members (excludes halogenated alkanes) is 3. The Morgan fingerprint density at radius 2 is 0.988 bits per heavy atom. The summed E-state index contributed by atoms with van der Waals surface area (Å²) in [7, 11) is 0. The van der Waals surface area contributed by atoms with Crippen molar-refractivity contribution in [1.29, 1.82) is 0 Å². The molecule has 0 saturated carbocycles. The number of nitrogens with one attached hydrogen (secondary N) is 9. The average Bonchev–Trinajstić information content (AvgIpc) is 3.91. The maximum Gasteiger partial charge on any atom is 0.327 e. The first-order valence-corrected chi connectivity index (χ1v) is 27.5. The number of carboxylic acid groups (broad SMARTS) is 1. The lowest BCUT2D eigenvalue weighted by Crippen LogP contribution is -2.60. The van der Waals surface area contributed by atoms with E-state index in [1.807, 2.05) is 0 Å². The summed E-state index contributed by atoms with van der Waals surface area (Å²) in [6.07, 6.45) is 3.44. The molecule has 0 aliphatic carbocycles. The Balaban J connectivity index is 3.23. The Morgan fingerprint density at radius 1 is 0.575 bits per heavy atom. The standard InChI is InChI=1S/C48H89N17O14S/c1-26(2)37(45(76)62-33(24-67)43(74)59-29(13-5-8-18-50)42(73)63-34(25-80)47(78)79)64-36(68)22-56-38(69)32(23-66)61-41(72)28(12-4-7-17-49)57-40(71)31(15-10-20-55-48(53)54)58-39(70)30(14-6-9-19-51)60-44(75)35-16-11-21-65(35)46(77)27(3)52/h26-35,37,66-67,80H,4-25,49-52H2,1-3H3,(H,56,69)(H,57,71)(H,58,70)(H,59,74)(H,60,75)(H,61,72)(H,62,76)(H,63,73)(H,64,68)(H,78,79)(H4,53,54,55)/t27-,28-,29-,30-,31-,32-,33-,34-,35-,37-/m0/s1. The summed E-state index contributed by atoms with van der Waals surface area (Å²) in [5, 5.41) is 51.7. The summed E-state index contributed by atoms with van der Waals surface area (Å²) in [5.74, 6) is -10.9. The van der Waals surface area contributed by atoms with Gasteiger partial charge in [-0.2, -0.15) is 12.6 Å². The first-order valence-electron chi connectivity index (χ1n) is 26.9. The van der Waals surface area contributed by atoms with Gasteiger partial charge in [-0.15, -0.1) is 0 Å². The average molecular weight is 1160 g/mol. The molecule has 1 rings (SSSR count). The monoisotopic (exact) mass is 1160 g/mol. The van der Waals surface area contributed by atoms with E-state index in [1.165, 1.54) is 11.8 Å². The second kappa shape index (κ2) is 39.0. The highest BCUT2D eigenvalue weighted by atomic mass is 32.1. The quantitative estimate of drug-likeness (QED) is 0.0117. The Labute approximate surface area is 471 Å². The van der Waals surface area contributed by atoms with Crippen LogP contribution in [0.2, 0.25) is 0 Å². The maximum absolute atomic E-state index is 14.1. The van der Waals surface area contributed by atoms with Gasteiger partial charge in [-0.05, 0) is 116 Å². The van der Waals surface area contributed by atoms with Gasteiger partial charge in [0.05, 0.1) is 25.8 Å². The molecule has 24 N–H and O–H groups in total. The lowest BCUT2D eigenvalue weighted by atomic mass is 10.0. The number of guanidine groups is 1. The molecule has 0 aromatic heterocycles. The molecule has 1 fully saturated rings. The van der Waals surface area contributed by atoms with Crippen LogP contribution in [0.25, 0.3) is 0 Å². The van der Waals surface area contributed by atoms with Gasteiger partial charge in [-0.1, -0.05) is 13.8 Å². The van der Waals surface area contributed by atoms with E-state index < -0.39 is 151 Å². The summed E-state index contributed by atoms with van der Waals surface area (Å²) in [6, 6.07) is -13.1. The van der Waals surface area contributed by atoms with Crippen molar-refractivity contribution in [3.05, 3.63) is 0 Å². The number of aliphatic hydroxyl groups is 2. The minimum atomic E-state index is -1.70. The molecule has 10 atom stereocenters. The lowest BCUT2D eigenvalue weighted by Gasteiger charge is -2.29. The van der Waals surface area contributed by atoms with E-state index in [4.69, 9.17) is 34.4 Å². The number of aliphatic hydroxyl groups excluding tert-OH is 2. The van der Waals surface area contributed by atoms with Crippen molar-refractivity contribution < 1.29 is 68.1 Å². The summed E-state index contributed by atoms with van der Waals surface area (Å²) < 4.78 is 0.